The molecule has 2 saturated carbocycles. The van der Waals surface area contributed by atoms with Gasteiger partial charge in [-0.1, -0.05) is 18.5 Å². The van der Waals surface area contributed by atoms with Gasteiger partial charge in [0.25, 0.3) is 5.56 Å². The Bertz CT molecular complexity index is 1680. The number of hydrogen-bond donors (Lipinski definition) is 1. The summed E-state index contributed by atoms with van der Waals surface area (Å²) in [6.45, 7) is 5.19. The number of aromatic nitrogens is 6. The van der Waals surface area contributed by atoms with Crippen molar-refractivity contribution < 1.29 is 9.47 Å². The molecule has 0 unspecified atom stereocenters. The van der Waals surface area contributed by atoms with Crippen molar-refractivity contribution in [2.24, 2.45) is 13.0 Å². The van der Waals surface area contributed by atoms with E-state index >= 15 is 0 Å². The Labute approximate surface area is 256 Å². The van der Waals surface area contributed by atoms with Crippen molar-refractivity contribution in [3.05, 3.63) is 63.2 Å². The van der Waals surface area contributed by atoms with E-state index in [2.05, 4.69) is 27.0 Å². The Morgan fingerprint density at radius 1 is 1.12 bits per heavy atom. The van der Waals surface area contributed by atoms with Gasteiger partial charge in [-0.05, 0) is 81.5 Å². The fourth-order valence-corrected chi connectivity index (χ4v) is 7.68. The van der Waals surface area contributed by atoms with Crippen LogP contribution < -0.4 is 10.3 Å². The van der Waals surface area contributed by atoms with Crippen LogP contribution in [0.5, 0.6) is 5.88 Å². The van der Waals surface area contributed by atoms with Crippen molar-refractivity contribution in [2.45, 2.75) is 82.5 Å². The van der Waals surface area contributed by atoms with Crippen LogP contribution in [0.3, 0.4) is 0 Å². The van der Waals surface area contributed by atoms with Gasteiger partial charge in [0.1, 0.15) is 29.6 Å². The van der Waals surface area contributed by atoms with Crippen molar-refractivity contribution in [2.75, 3.05) is 20.2 Å². The van der Waals surface area contributed by atoms with Gasteiger partial charge in [0.15, 0.2) is 0 Å². The molecular formula is C32H40ClN7O3. The Morgan fingerprint density at radius 3 is 2.65 bits per heavy atom. The number of nitrogens with one attached hydrogen (secondary N) is 1. The highest BCUT2D eigenvalue weighted by atomic mass is 35.5. The summed E-state index contributed by atoms with van der Waals surface area (Å²) in [5, 5.41) is 9.94. The maximum Gasteiger partial charge on any atom is 0.280 e. The summed E-state index contributed by atoms with van der Waals surface area (Å²) < 4.78 is 15.7. The molecule has 2 aliphatic carbocycles. The van der Waals surface area contributed by atoms with Crippen LogP contribution in [-0.4, -0.2) is 66.6 Å². The molecule has 1 atom stereocenters. The number of hydrogen-bond acceptors (Lipinski definition) is 7. The van der Waals surface area contributed by atoms with Crippen LogP contribution in [-0.2, 0) is 23.7 Å². The van der Waals surface area contributed by atoms with Gasteiger partial charge in [-0.3, -0.25) is 14.3 Å². The maximum atomic E-state index is 14.1. The molecule has 4 aromatic heterocycles. The number of piperidine rings is 1. The lowest BCUT2D eigenvalue weighted by atomic mass is 9.62. The lowest BCUT2D eigenvalue weighted by molar-refractivity contribution is -0.00712. The average molecular weight is 606 g/mol. The summed E-state index contributed by atoms with van der Waals surface area (Å²) in [5.41, 5.74) is 1.83. The monoisotopic (exact) mass is 605 g/mol. The van der Waals surface area contributed by atoms with Crippen LogP contribution in [0.15, 0.2) is 35.5 Å². The molecule has 0 radical (unpaired) electrons. The molecule has 7 rings (SSSR count). The number of ether oxygens (including phenoxy) is 2. The first kappa shape index (κ1) is 28.6. The first-order chi connectivity index (χ1) is 20.8. The molecule has 43 heavy (non-hydrogen) atoms. The van der Waals surface area contributed by atoms with Gasteiger partial charge >= 0.3 is 0 Å². The molecule has 3 aliphatic rings. The molecule has 1 aliphatic heterocycles. The lowest BCUT2D eigenvalue weighted by Gasteiger charge is -2.46. The Kier molecular flexibility index (Phi) is 7.55. The molecule has 0 bridgehead atoms. The minimum absolute atomic E-state index is 0.0984. The van der Waals surface area contributed by atoms with Crippen molar-refractivity contribution in [3.63, 3.8) is 0 Å². The predicted molar refractivity (Wildman–Crippen MR) is 165 cm³/mol. The molecule has 0 aromatic carbocycles. The van der Waals surface area contributed by atoms with E-state index in [1.54, 1.807) is 24.2 Å². The molecular weight excluding hydrogens is 566 g/mol. The van der Waals surface area contributed by atoms with E-state index in [0.29, 0.717) is 28.2 Å². The molecule has 0 spiro atoms. The summed E-state index contributed by atoms with van der Waals surface area (Å²) in [4.78, 5) is 24.8. The van der Waals surface area contributed by atoms with Gasteiger partial charge < -0.3 is 19.0 Å². The summed E-state index contributed by atoms with van der Waals surface area (Å²) in [7, 11) is 3.70. The topological polar surface area (TPSA) is 103 Å². The maximum absolute atomic E-state index is 14.1. The average Bonchev–Trinajstić information content (AvgIpc) is 3.73. The van der Waals surface area contributed by atoms with Gasteiger partial charge in [-0.2, -0.15) is 4.98 Å². The third-order valence-electron chi connectivity index (χ3n) is 9.74. The minimum atomic E-state index is -0.444. The van der Waals surface area contributed by atoms with Crippen LogP contribution in [0.1, 0.15) is 75.4 Å². The van der Waals surface area contributed by atoms with E-state index in [1.165, 1.54) is 12.8 Å². The van der Waals surface area contributed by atoms with Crippen LogP contribution >= 0.6 is 11.6 Å². The standard InChI is InChI=1S/C32H40ClN7O3/c1-20-7-6-10-39(16-20)17-22-13-25-26(33)18-40(30(41)29(25)35-22)27-11-21(12-28(36-27)43-23-8-4-5-9-23)32(14-24(15-32)42-3)31-37-34-19-38(31)2/h11-13,18-20,23-24,35H,4-10,14-17H2,1-3H3/t20-,24?,32?/m0/s1. The molecule has 228 valence electrons. The first-order valence-corrected chi connectivity index (χ1v) is 15.9. The van der Waals surface area contributed by atoms with E-state index in [4.69, 9.17) is 26.1 Å². The lowest BCUT2D eigenvalue weighted by Crippen LogP contribution is -2.48. The summed E-state index contributed by atoms with van der Waals surface area (Å²) >= 11 is 6.86. The first-order valence-electron chi connectivity index (χ1n) is 15.5. The molecule has 3 fully saturated rings. The molecule has 10 nitrogen and oxygen atoms in total. The Hall–Kier alpha value is -3.21. The van der Waals surface area contributed by atoms with Crippen LogP contribution in [0.2, 0.25) is 5.02 Å². The molecule has 0 amide bonds. The number of aryl methyl sites for hydroxylation is 1. The summed E-state index contributed by atoms with van der Waals surface area (Å²) in [5.74, 6) is 2.52. The van der Waals surface area contributed by atoms with E-state index in [1.807, 2.05) is 29.8 Å². The second-order valence-corrected chi connectivity index (χ2v) is 13.3. The number of methoxy groups -OCH3 is 1. The van der Waals surface area contributed by atoms with Crippen molar-refractivity contribution in [1.29, 1.82) is 0 Å². The second kappa shape index (κ2) is 11.4. The number of halogens is 1. The molecule has 11 heteroatoms. The fraction of sp³-hybridized carbons (Fsp3) is 0.562. The Balaban J connectivity index is 1.32. The molecule has 1 saturated heterocycles. The van der Waals surface area contributed by atoms with Crippen LogP contribution in [0.25, 0.3) is 16.7 Å². The number of aromatic amines is 1. The highest BCUT2D eigenvalue weighted by Crippen LogP contribution is 2.50. The van der Waals surface area contributed by atoms with Crippen molar-refractivity contribution in [3.8, 4) is 11.7 Å². The Morgan fingerprint density at radius 2 is 1.93 bits per heavy atom. The van der Waals surface area contributed by atoms with Crippen LogP contribution in [0.4, 0.5) is 0 Å². The van der Waals surface area contributed by atoms with Gasteiger partial charge in [-0.25, -0.2) is 0 Å². The zero-order valence-corrected chi connectivity index (χ0v) is 25.9. The zero-order chi connectivity index (χ0) is 29.7. The van der Waals surface area contributed by atoms with E-state index in [9.17, 15) is 4.79 Å². The smallest absolute Gasteiger partial charge is 0.280 e. The highest BCUT2D eigenvalue weighted by Gasteiger charge is 2.51. The summed E-state index contributed by atoms with van der Waals surface area (Å²) in [6.07, 6.45) is 11.9. The molecule has 1 N–H and O–H groups in total. The number of pyridine rings is 2. The number of fused-ring (bicyclic) bond motifs is 1. The van der Waals surface area contributed by atoms with Gasteiger partial charge in [0.2, 0.25) is 5.88 Å². The van der Waals surface area contributed by atoms with Crippen LogP contribution in [0, 0.1) is 5.92 Å². The number of H-pyrrole nitrogens is 1. The van der Waals surface area contributed by atoms with E-state index in [-0.39, 0.29) is 17.8 Å². The predicted octanol–water partition coefficient (Wildman–Crippen LogP) is 5.14. The third-order valence-corrected chi connectivity index (χ3v) is 10.0. The SMILES string of the molecule is COC1CC(c2cc(OC3CCCC3)nc(-n3cc(Cl)c4cc(CN5CCC[C@H](C)C5)[nH]c4c3=O)c2)(c2nncn2C)C1. The molecule has 5 heterocycles. The summed E-state index contributed by atoms with van der Waals surface area (Å²) in [6, 6.07) is 6.01. The number of rotatable bonds is 8. The minimum Gasteiger partial charge on any atom is -0.474 e. The van der Waals surface area contributed by atoms with Gasteiger partial charge in [0.05, 0.1) is 16.5 Å². The zero-order valence-electron chi connectivity index (χ0n) is 25.2. The van der Waals surface area contributed by atoms with Crippen molar-refractivity contribution >= 4 is 22.5 Å². The second-order valence-electron chi connectivity index (χ2n) is 12.9. The third kappa shape index (κ3) is 5.27. The number of nitrogens with zero attached hydrogens (tertiary/aromatic N) is 6. The largest absolute Gasteiger partial charge is 0.474 e. The number of likely N-dealkylation sites (tertiary alicyclic amines) is 1. The van der Waals surface area contributed by atoms with Gasteiger partial charge in [-0.15, -0.1) is 10.2 Å². The highest BCUT2D eigenvalue weighted by molar-refractivity contribution is 6.35. The van der Waals surface area contributed by atoms with E-state index in [0.717, 1.165) is 80.6 Å². The quantitative estimate of drug-likeness (QED) is 0.296. The molecule has 4 aromatic rings. The van der Waals surface area contributed by atoms with Crippen molar-refractivity contribution in [1.82, 2.24) is 34.2 Å². The van der Waals surface area contributed by atoms with Gasteiger partial charge in [0, 0.05) is 50.6 Å². The fourth-order valence-electron chi connectivity index (χ4n) is 7.43. The normalized spacial score (nSPS) is 24.9. The van der Waals surface area contributed by atoms with E-state index < -0.39 is 5.41 Å².